The van der Waals surface area contributed by atoms with Crippen molar-refractivity contribution in [2.24, 2.45) is 0 Å². The number of carbonyl (C=O) groups is 1. The quantitative estimate of drug-likeness (QED) is 0.629. The van der Waals surface area contributed by atoms with Crippen molar-refractivity contribution in [2.45, 2.75) is 26.4 Å². The normalized spacial score (nSPS) is 20.0. The van der Waals surface area contributed by atoms with Gasteiger partial charge in [-0.25, -0.2) is 0 Å². The molecule has 1 saturated heterocycles. The van der Waals surface area contributed by atoms with Gasteiger partial charge >= 0.3 is 0 Å². The Morgan fingerprint density at radius 1 is 1.07 bits per heavy atom. The number of carbonyl (C=O) groups excluding carboxylic acids is 1. The molecule has 0 aromatic heterocycles. The van der Waals surface area contributed by atoms with E-state index >= 15 is 0 Å². The van der Waals surface area contributed by atoms with E-state index in [9.17, 15) is 4.79 Å². The van der Waals surface area contributed by atoms with Crippen LogP contribution in [0.2, 0.25) is 0 Å². The Labute approximate surface area is 173 Å². The van der Waals surface area contributed by atoms with Crippen molar-refractivity contribution in [1.29, 1.82) is 0 Å². The second-order valence-corrected chi connectivity index (χ2v) is 7.84. The van der Waals surface area contributed by atoms with E-state index < -0.39 is 0 Å². The van der Waals surface area contributed by atoms with E-state index in [4.69, 9.17) is 9.47 Å². The van der Waals surface area contributed by atoms with Gasteiger partial charge in [0.1, 0.15) is 44.2 Å². The van der Waals surface area contributed by atoms with Gasteiger partial charge in [0.2, 0.25) is 0 Å². The zero-order chi connectivity index (χ0) is 20.8. The molecule has 1 aliphatic rings. The number of anilines is 1. The highest BCUT2D eigenvalue weighted by molar-refractivity contribution is 5.93. The molecule has 0 radical (unpaired) electrons. The zero-order valence-corrected chi connectivity index (χ0v) is 17.9. The lowest BCUT2D eigenvalue weighted by Crippen LogP contribution is -3.29. The molecule has 156 valence electrons. The number of nitrogens with one attached hydrogen (secondary N) is 3. The van der Waals surface area contributed by atoms with Crippen LogP contribution in [-0.4, -0.2) is 52.3 Å². The van der Waals surface area contributed by atoms with Crippen molar-refractivity contribution in [3.05, 3.63) is 53.6 Å². The Morgan fingerprint density at radius 2 is 1.83 bits per heavy atom. The van der Waals surface area contributed by atoms with E-state index in [2.05, 4.69) is 30.4 Å². The molecule has 1 fully saturated rings. The van der Waals surface area contributed by atoms with E-state index in [1.165, 1.54) is 20.9 Å². The van der Waals surface area contributed by atoms with Gasteiger partial charge in [-0.1, -0.05) is 17.7 Å². The summed E-state index contributed by atoms with van der Waals surface area (Å²) in [7, 11) is 3.36. The molecule has 0 bridgehead atoms. The van der Waals surface area contributed by atoms with Crippen molar-refractivity contribution in [3.8, 4) is 11.5 Å². The average Bonchev–Trinajstić information content (AvgIpc) is 2.74. The van der Waals surface area contributed by atoms with Gasteiger partial charge < -0.3 is 24.6 Å². The first-order valence-electron chi connectivity index (χ1n) is 10.3. The molecule has 1 atom stereocenters. The minimum Gasteiger partial charge on any atom is -0.497 e. The molecule has 0 saturated carbocycles. The van der Waals surface area contributed by atoms with Crippen molar-refractivity contribution in [3.63, 3.8) is 0 Å². The molecule has 6 nitrogen and oxygen atoms in total. The minimum absolute atomic E-state index is 0.0528. The Hall–Kier alpha value is -2.57. The van der Waals surface area contributed by atoms with Crippen LogP contribution in [0.5, 0.6) is 11.5 Å². The molecule has 1 aliphatic heterocycles. The number of quaternary nitrogens is 2. The molecule has 0 unspecified atom stereocenters. The van der Waals surface area contributed by atoms with E-state index in [1.54, 1.807) is 14.2 Å². The molecule has 0 aliphatic carbocycles. The monoisotopic (exact) mass is 399 g/mol. The van der Waals surface area contributed by atoms with Gasteiger partial charge in [-0.15, -0.1) is 0 Å². The number of aryl methyl sites for hydroxylation is 1. The van der Waals surface area contributed by atoms with Crippen molar-refractivity contribution in [1.82, 2.24) is 0 Å². The number of hydrogen-bond donors (Lipinski definition) is 3. The Bertz CT molecular complexity index is 832. The highest BCUT2D eigenvalue weighted by Gasteiger charge is 2.31. The molecule has 2 aromatic rings. The molecule has 6 heteroatoms. The van der Waals surface area contributed by atoms with Crippen LogP contribution in [0.1, 0.15) is 18.1 Å². The number of ether oxygens (including phenoxy) is 2. The Balaban J connectivity index is 1.53. The number of benzene rings is 2. The first-order valence-corrected chi connectivity index (χ1v) is 10.3. The first-order chi connectivity index (χ1) is 14.0. The van der Waals surface area contributed by atoms with Crippen LogP contribution in [0.15, 0.2) is 42.5 Å². The third-order valence-electron chi connectivity index (χ3n) is 5.82. The summed E-state index contributed by atoms with van der Waals surface area (Å²) in [4.78, 5) is 15.6. The van der Waals surface area contributed by atoms with Crippen LogP contribution >= 0.6 is 0 Å². The molecular weight excluding hydrogens is 366 g/mol. The summed E-state index contributed by atoms with van der Waals surface area (Å²) in [5.74, 6) is 1.76. The number of piperazine rings is 1. The van der Waals surface area contributed by atoms with Gasteiger partial charge in [-0.3, -0.25) is 4.79 Å². The average molecular weight is 400 g/mol. The van der Waals surface area contributed by atoms with Crippen LogP contribution in [0.25, 0.3) is 0 Å². The van der Waals surface area contributed by atoms with E-state index in [0.717, 1.165) is 49.9 Å². The second kappa shape index (κ2) is 9.76. The molecule has 1 amide bonds. The third-order valence-corrected chi connectivity index (χ3v) is 5.82. The minimum atomic E-state index is -0.0868. The van der Waals surface area contributed by atoms with E-state index in [1.807, 2.05) is 31.2 Å². The smallest absolute Gasteiger partial charge is 0.282 e. The second-order valence-electron chi connectivity index (χ2n) is 7.84. The highest BCUT2D eigenvalue weighted by atomic mass is 16.5. The topological polar surface area (TPSA) is 56.4 Å². The van der Waals surface area contributed by atoms with Crippen molar-refractivity contribution < 1.29 is 24.1 Å². The molecule has 0 spiro atoms. The van der Waals surface area contributed by atoms with Crippen LogP contribution in [0.3, 0.4) is 0 Å². The van der Waals surface area contributed by atoms with Crippen LogP contribution in [-0.2, 0) is 11.3 Å². The molecule has 29 heavy (non-hydrogen) atoms. The fraction of sp³-hybridized carbons (Fsp3) is 0.435. The van der Waals surface area contributed by atoms with Gasteiger partial charge in [0.25, 0.3) is 5.91 Å². The summed E-state index contributed by atoms with van der Waals surface area (Å²) < 4.78 is 10.8. The molecule has 3 N–H and O–H groups in total. The van der Waals surface area contributed by atoms with Gasteiger partial charge in [0, 0.05) is 17.3 Å². The third kappa shape index (κ3) is 5.49. The molecule has 2 aromatic carbocycles. The van der Waals surface area contributed by atoms with Gasteiger partial charge in [-0.2, -0.15) is 0 Å². The predicted octanol–water partition coefficient (Wildman–Crippen LogP) is 0.323. The largest absolute Gasteiger partial charge is 0.497 e. The van der Waals surface area contributed by atoms with Crippen LogP contribution < -0.4 is 24.6 Å². The van der Waals surface area contributed by atoms with Crippen LogP contribution in [0, 0.1) is 6.92 Å². The van der Waals surface area contributed by atoms with Gasteiger partial charge in [0.05, 0.1) is 14.2 Å². The van der Waals surface area contributed by atoms with E-state index in [0.29, 0.717) is 0 Å². The summed E-state index contributed by atoms with van der Waals surface area (Å²) in [5.41, 5.74) is 3.29. The lowest BCUT2D eigenvalue weighted by atomic mass is 10.1. The molecular formula is C23H33N3O3+2. The summed E-state index contributed by atoms with van der Waals surface area (Å²) in [6, 6.07) is 13.8. The van der Waals surface area contributed by atoms with Gasteiger partial charge in [-0.05, 0) is 38.1 Å². The molecule has 3 rings (SSSR count). The lowest BCUT2D eigenvalue weighted by Gasteiger charge is -2.32. The number of methoxy groups -OCH3 is 2. The maximum absolute atomic E-state index is 12.7. The first kappa shape index (κ1) is 21.1. The summed E-state index contributed by atoms with van der Waals surface area (Å²) in [5, 5.41) is 3.02. The number of hydrogen-bond acceptors (Lipinski definition) is 3. The summed E-state index contributed by atoms with van der Waals surface area (Å²) in [6.07, 6.45) is 0. The Morgan fingerprint density at radius 3 is 2.52 bits per heavy atom. The standard InChI is InChI=1S/C23H31N3O3/c1-17-8-9-22(29-4)19(14-17)16-25-10-12-26(13-11-25)18(2)23(27)24-20-6-5-7-21(15-20)28-3/h5-9,14-15,18H,10-13,16H2,1-4H3,(H,24,27)/p+2/t18-/m0/s1. The maximum Gasteiger partial charge on any atom is 0.282 e. The van der Waals surface area contributed by atoms with Gasteiger partial charge in [0.15, 0.2) is 6.04 Å². The Kier molecular flexibility index (Phi) is 7.12. The fourth-order valence-electron chi connectivity index (χ4n) is 3.99. The highest BCUT2D eigenvalue weighted by Crippen LogP contribution is 2.18. The SMILES string of the molecule is COc1cccc(NC(=O)[C@H](C)[NH+]2CC[NH+](Cc3cc(C)ccc3OC)CC2)c1. The van der Waals surface area contributed by atoms with E-state index in [-0.39, 0.29) is 11.9 Å². The number of amides is 1. The summed E-state index contributed by atoms with van der Waals surface area (Å²) >= 11 is 0. The van der Waals surface area contributed by atoms with Crippen molar-refractivity contribution >= 4 is 11.6 Å². The summed E-state index contributed by atoms with van der Waals surface area (Å²) in [6.45, 7) is 9.14. The van der Waals surface area contributed by atoms with Crippen LogP contribution in [0.4, 0.5) is 5.69 Å². The maximum atomic E-state index is 12.7. The lowest BCUT2D eigenvalue weighted by molar-refractivity contribution is -1.02. The predicted molar refractivity (Wildman–Crippen MR) is 114 cm³/mol. The van der Waals surface area contributed by atoms with Crippen molar-refractivity contribution in [2.75, 3.05) is 45.7 Å². The molecule has 1 heterocycles. The fourth-order valence-corrected chi connectivity index (χ4v) is 3.99. The number of rotatable bonds is 7. The zero-order valence-electron chi connectivity index (χ0n) is 17.9.